The Morgan fingerprint density at radius 1 is 1.19 bits per heavy atom. The van der Waals surface area contributed by atoms with E-state index in [1.807, 2.05) is 0 Å². The standard InChI is InChI=1S/C18H17F6N5O2/c1-8(17(19,20)21)30-13-5-4-10(6-12(13)18(22,23)24)16-27-15(28-31-16)11-7-29(3)9(2)26-14(11)25/h4-9H,1-3H3,(H2,25,26)/t8-,9?/m1/s1. The fraction of sp³-hybridized carbons (Fsp3) is 0.389. The van der Waals surface area contributed by atoms with E-state index in [1.165, 1.54) is 0 Å². The molecule has 0 aliphatic carbocycles. The number of aromatic nitrogens is 2. The molecule has 1 aromatic heterocycles. The fourth-order valence-electron chi connectivity index (χ4n) is 2.61. The Morgan fingerprint density at radius 3 is 2.48 bits per heavy atom. The first-order chi connectivity index (χ1) is 14.3. The molecule has 0 saturated carbocycles. The molecule has 1 unspecified atom stereocenters. The SMILES string of the molecule is CC1N=C(N)C(c2noc(-c3ccc(O[C@H](C)C(F)(F)F)c(C(F)(F)F)c3)n2)=CN1C. The summed E-state index contributed by atoms with van der Waals surface area (Å²) in [6, 6.07) is 2.44. The zero-order valence-electron chi connectivity index (χ0n) is 16.4. The van der Waals surface area contributed by atoms with Crippen molar-refractivity contribution < 1.29 is 35.6 Å². The molecule has 13 heteroatoms. The third-order valence-corrected chi connectivity index (χ3v) is 4.49. The molecule has 2 atom stereocenters. The minimum atomic E-state index is -4.98. The first-order valence-electron chi connectivity index (χ1n) is 8.84. The van der Waals surface area contributed by atoms with E-state index in [0.717, 1.165) is 12.1 Å². The summed E-state index contributed by atoms with van der Waals surface area (Å²) in [4.78, 5) is 9.95. The zero-order valence-corrected chi connectivity index (χ0v) is 16.4. The lowest BCUT2D eigenvalue weighted by Gasteiger charge is -2.25. The van der Waals surface area contributed by atoms with Gasteiger partial charge in [-0.2, -0.15) is 31.3 Å². The Labute approximate surface area is 172 Å². The lowest BCUT2D eigenvalue weighted by molar-refractivity contribution is -0.191. The number of halogens is 6. The first-order valence-corrected chi connectivity index (χ1v) is 8.84. The van der Waals surface area contributed by atoms with Crippen LogP contribution in [0.3, 0.4) is 0 Å². The van der Waals surface area contributed by atoms with Crippen LogP contribution in [-0.2, 0) is 6.18 Å². The molecule has 0 bridgehead atoms. The molecular formula is C18H17F6N5O2. The van der Waals surface area contributed by atoms with Gasteiger partial charge in [-0.3, -0.25) is 0 Å². The van der Waals surface area contributed by atoms with E-state index in [1.54, 1.807) is 25.1 Å². The van der Waals surface area contributed by atoms with Gasteiger partial charge >= 0.3 is 12.4 Å². The highest BCUT2D eigenvalue weighted by atomic mass is 19.4. The van der Waals surface area contributed by atoms with E-state index >= 15 is 0 Å². The van der Waals surface area contributed by atoms with Crippen LogP contribution in [0.4, 0.5) is 26.3 Å². The number of alkyl halides is 6. The number of nitrogens with two attached hydrogens (primary N) is 1. The maximum absolute atomic E-state index is 13.4. The maximum Gasteiger partial charge on any atom is 0.425 e. The number of hydrogen-bond acceptors (Lipinski definition) is 7. The molecule has 0 amide bonds. The van der Waals surface area contributed by atoms with E-state index in [-0.39, 0.29) is 29.3 Å². The quantitative estimate of drug-likeness (QED) is 0.708. The molecule has 168 valence electrons. The molecule has 2 aromatic rings. The van der Waals surface area contributed by atoms with Crippen molar-refractivity contribution in [2.75, 3.05) is 7.05 Å². The predicted octanol–water partition coefficient (Wildman–Crippen LogP) is 4.07. The van der Waals surface area contributed by atoms with E-state index in [9.17, 15) is 26.3 Å². The van der Waals surface area contributed by atoms with Crippen LogP contribution in [0.1, 0.15) is 25.2 Å². The Bertz CT molecular complexity index is 1030. The van der Waals surface area contributed by atoms with Crippen LogP contribution in [-0.4, -0.2) is 46.4 Å². The summed E-state index contributed by atoms with van der Waals surface area (Å²) in [6.07, 6.45) is -10.9. The Hall–Kier alpha value is -3.25. The topological polar surface area (TPSA) is 89.8 Å². The lowest BCUT2D eigenvalue weighted by Crippen LogP contribution is -2.32. The number of nitrogens with zero attached hydrogens (tertiary/aromatic N) is 4. The maximum atomic E-state index is 13.4. The van der Waals surface area contributed by atoms with Gasteiger partial charge in [0.2, 0.25) is 5.82 Å². The van der Waals surface area contributed by atoms with Crippen molar-refractivity contribution in [2.45, 2.75) is 38.5 Å². The van der Waals surface area contributed by atoms with Crippen LogP contribution < -0.4 is 10.5 Å². The Kier molecular flexibility index (Phi) is 5.63. The van der Waals surface area contributed by atoms with Crippen LogP contribution in [0.2, 0.25) is 0 Å². The molecule has 0 radical (unpaired) electrons. The molecule has 1 aliphatic rings. The van der Waals surface area contributed by atoms with Crippen molar-refractivity contribution in [3.63, 3.8) is 0 Å². The zero-order chi connectivity index (χ0) is 23.1. The third kappa shape index (κ3) is 4.75. The van der Waals surface area contributed by atoms with Gasteiger partial charge in [0.25, 0.3) is 5.89 Å². The van der Waals surface area contributed by atoms with Crippen LogP contribution in [0.5, 0.6) is 5.75 Å². The highest BCUT2D eigenvalue weighted by molar-refractivity contribution is 6.21. The summed E-state index contributed by atoms with van der Waals surface area (Å²) in [5, 5.41) is 3.72. The van der Waals surface area contributed by atoms with Crippen molar-refractivity contribution in [1.82, 2.24) is 15.0 Å². The second-order valence-electron chi connectivity index (χ2n) is 6.79. The molecule has 1 aliphatic heterocycles. The average molecular weight is 449 g/mol. The number of ether oxygens (including phenoxy) is 1. The second kappa shape index (κ2) is 7.78. The van der Waals surface area contributed by atoms with Gasteiger partial charge in [-0.25, -0.2) is 4.99 Å². The largest absolute Gasteiger partial charge is 0.481 e. The van der Waals surface area contributed by atoms with Crippen LogP contribution in [0, 0.1) is 0 Å². The van der Waals surface area contributed by atoms with Gasteiger partial charge in [0, 0.05) is 18.8 Å². The molecule has 7 nitrogen and oxygen atoms in total. The second-order valence-corrected chi connectivity index (χ2v) is 6.79. The van der Waals surface area contributed by atoms with Crippen molar-refractivity contribution in [1.29, 1.82) is 0 Å². The fourth-order valence-corrected chi connectivity index (χ4v) is 2.61. The molecule has 1 aromatic carbocycles. The lowest BCUT2D eigenvalue weighted by atomic mass is 10.1. The molecule has 0 saturated heterocycles. The van der Waals surface area contributed by atoms with E-state index in [2.05, 4.69) is 19.9 Å². The summed E-state index contributed by atoms with van der Waals surface area (Å²) in [5.74, 6) is -1.14. The number of benzene rings is 1. The summed E-state index contributed by atoms with van der Waals surface area (Å²) in [7, 11) is 1.73. The molecule has 0 spiro atoms. The summed E-state index contributed by atoms with van der Waals surface area (Å²) < 4.78 is 88.0. The molecule has 3 rings (SSSR count). The van der Waals surface area contributed by atoms with Gasteiger partial charge in [0.05, 0.1) is 11.1 Å². The number of rotatable bonds is 4. The smallest absolute Gasteiger partial charge is 0.425 e. The van der Waals surface area contributed by atoms with E-state index < -0.39 is 29.8 Å². The first kappa shape index (κ1) is 22.4. The monoisotopic (exact) mass is 449 g/mol. The number of amidine groups is 1. The number of aliphatic imine (C=N–C) groups is 1. The normalized spacial score (nSPS) is 18.5. The van der Waals surface area contributed by atoms with Crippen molar-refractivity contribution in [3.8, 4) is 17.2 Å². The van der Waals surface area contributed by atoms with Crippen molar-refractivity contribution in [2.24, 2.45) is 10.7 Å². The summed E-state index contributed by atoms with van der Waals surface area (Å²) in [6.45, 7) is 2.41. The highest BCUT2D eigenvalue weighted by Gasteiger charge is 2.41. The number of hydrogen-bond donors (Lipinski definition) is 1. The van der Waals surface area contributed by atoms with Gasteiger partial charge in [-0.05, 0) is 32.0 Å². The summed E-state index contributed by atoms with van der Waals surface area (Å²) >= 11 is 0. The van der Waals surface area contributed by atoms with Crippen molar-refractivity contribution >= 4 is 11.4 Å². The van der Waals surface area contributed by atoms with Gasteiger partial charge < -0.3 is 19.9 Å². The third-order valence-electron chi connectivity index (χ3n) is 4.49. The average Bonchev–Trinajstić information content (AvgIpc) is 3.13. The van der Waals surface area contributed by atoms with Gasteiger partial charge in [0.15, 0.2) is 6.10 Å². The minimum absolute atomic E-state index is 0.00502. The van der Waals surface area contributed by atoms with E-state index in [0.29, 0.717) is 18.6 Å². The van der Waals surface area contributed by atoms with Crippen LogP contribution >= 0.6 is 0 Å². The van der Waals surface area contributed by atoms with Gasteiger partial charge in [-0.1, -0.05) is 5.16 Å². The van der Waals surface area contributed by atoms with Crippen LogP contribution in [0.25, 0.3) is 17.0 Å². The van der Waals surface area contributed by atoms with Gasteiger partial charge in [0.1, 0.15) is 17.8 Å². The van der Waals surface area contributed by atoms with Crippen LogP contribution in [0.15, 0.2) is 33.9 Å². The molecule has 2 heterocycles. The van der Waals surface area contributed by atoms with Gasteiger partial charge in [-0.15, -0.1) is 0 Å². The molecule has 0 fully saturated rings. The highest BCUT2D eigenvalue weighted by Crippen LogP contribution is 2.40. The Morgan fingerprint density at radius 2 is 1.87 bits per heavy atom. The predicted molar refractivity (Wildman–Crippen MR) is 97.7 cm³/mol. The Balaban J connectivity index is 1.96. The molecular weight excluding hydrogens is 432 g/mol. The van der Waals surface area contributed by atoms with Crippen molar-refractivity contribution in [3.05, 3.63) is 35.8 Å². The minimum Gasteiger partial charge on any atom is -0.481 e. The van der Waals surface area contributed by atoms with E-state index in [4.69, 9.17) is 10.3 Å². The molecule has 2 N–H and O–H groups in total. The summed E-state index contributed by atoms with van der Waals surface area (Å²) in [5.41, 5.74) is 4.61. The molecule has 31 heavy (non-hydrogen) atoms.